The Morgan fingerprint density at radius 2 is 1.57 bits per heavy atom. The standard InChI is InChI=1S/C31H37NO3/c1-29(2,3)24-14-11-21(12-15-24)18-31(34,20-30(4,5)25-9-7-6-8-10-25)27(32)22-13-16-26-23(17-22)19-35-28(26)33/h6-17,27,34H,18-20,32H2,1-5H3. The van der Waals surface area contributed by atoms with Crippen LogP contribution in [-0.2, 0) is 28.6 Å². The van der Waals surface area contributed by atoms with Crippen LogP contribution in [0.2, 0.25) is 0 Å². The smallest absolute Gasteiger partial charge is 0.338 e. The fourth-order valence-corrected chi connectivity index (χ4v) is 5.17. The zero-order valence-electron chi connectivity index (χ0n) is 21.5. The molecule has 4 nitrogen and oxygen atoms in total. The van der Waals surface area contributed by atoms with Crippen molar-refractivity contribution in [2.24, 2.45) is 5.73 Å². The first kappa shape index (κ1) is 25.2. The number of hydrogen-bond donors (Lipinski definition) is 2. The Hall–Kier alpha value is -2.95. The van der Waals surface area contributed by atoms with Gasteiger partial charge >= 0.3 is 5.97 Å². The van der Waals surface area contributed by atoms with E-state index in [2.05, 4.69) is 71.0 Å². The van der Waals surface area contributed by atoms with Gasteiger partial charge in [0, 0.05) is 12.0 Å². The maximum Gasteiger partial charge on any atom is 0.338 e. The second kappa shape index (κ2) is 9.25. The van der Waals surface area contributed by atoms with Crippen LogP contribution >= 0.6 is 0 Å². The summed E-state index contributed by atoms with van der Waals surface area (Å²) in [6.45, 7) is 11.1. The number of nitrogens with two attached hydrogens (primary N) is 1. The molecule has 0 spiro atoms. The molecule has 1 aliphatic heterocycles. The van der Waals surface area contributed by atoms with E-state index in [-0.39, 0.29) is 23.4 Å². The van der Waals surface area contributed by atoms with Crippen LogP contribution in [0, 0.1) is 0 Å². The molecule has 4 rings (SSSR count). The Kier molecular flexibility index (Phi) is 6.65. The highest BCUT2D eigenvalue weighted by Crippen LogP contribution is 2.40. The summed E-state index contributed by atoms with van der Waals surface area (Å²) in [6, 6.07) is 23.6. The first-order valence-corrected chi connectivity index (χ1v) is 12.3. The van der Waals surface area contributed by atoms with Crippen LogP contribution in [0.5, 0.6) is 0 Å². The Morgan fingerprint density at radius 3 is 2.20 bits per heavy atom. The zero-order chi connectivity index (χ0) is 25.4. The normalized spacial score (nSPS) is 16.4. The van der Waals surface area contributed by atoms with Crippen LogP contribution < -0.4 is 5.73 Å². The van der Waals surface area contributed by atoms with E-state index in [0.29, 0.717) is 18.4 Å². The van der Waals surface area contributed by atoms with E-state index in [0.717, 1.165) is 22.3 Å². The number of aliphatic hydroxyl groups is 1. The zero-order valence-corrected chi connectivity index (χ0v) is 21.5. The second-order valence-corrected chi connectivity index (χ2v) is 11.6. The Labute approximate surface area is 209 Å². The van der Waals surface area contributed by atoms with Crippen LogP contribution in [-0.4, -0.2) is 16.7 Å². The molecule has 0 aromatic heterocycles. The molecule has 1 heterocycles. The molecule has 3 aromatic rings. The number of carbonyl (C=O) groups excluding carboxylic acids is 1. The third kappa shape index (κ3) is 5.34. The molecule has 35 heavy (non-hydrogen) atoms. The molecule has 4 heteroatoms. The number of hydrogen-bond acceptors (Lipinski definition) is 4. The van der Waals surface area contributed by atoms with Gasteiger partial charge in [0.2, 0.25) is 0 Å². The molecule has 0 saturated heterocycles. The first-order chi connectivity index (χ1) is 16.4. The van der Waals surface area contributed by atoms with E-state index >= 15 is 0 Å². The summed E-state index contributed by atoms with van der Waals surface area (Å²) >= 11 is 0. The van der Waals surface area contributed by atoms with Crippen molar-refractivity contribution < 1.29 is 14.6 Å². The van der Waals surface area contributed by atoms with Crippen LogP contribution in [0.1, 0.15) is 85.3 Å². The molecule has 0 radical (unpaired) electrons. The maximum absolute atomic E-state index is 12.3. The Bertz CT molecular complexity index is 1190. The largest absolute Gasteiger partial charge is 0.457 e. The van der Waals surface area contributed by atoms with Gasteiger partial charge in [-0.05, 0) is 51.6 Å². The summed E-state index contributed by atoms with van der Waals surface area (Å²) in [5.74, 6) is -0.306. The van der Waals surface area contributed by atoms with Gasteiger partial charge in [-0.15, -0.1) is 0 Å². The molecule has 0 bridgehead atoms. The molecule has 3 aromatic carbocycles. The minimum atomic E-state index is -1.22. The molecule has 1 aliphatic rings. The number of rotatable bonds is 7. The predicted molar refractivity (Wildman–Crippen MR) is 140 cm³/mol. The van der Waals surface area contributed by atoms with Gasteiger partial charge in [0.25, 0.3) is 0 Å². The second-order valence-electron chi connectivity index (χ2n) is 11.6. The summed E-state index contributed by atoms with van der Waals surface area (Å²) < 4.78 is 5.17. The summed E-state index contributed by atoms with van der Waals surface area (Å²) in [5, 5.41) is 12.3. The SMILES string of the molecule is CC(C)(C)c1ccc(CC(O)(CC(C)(C)c2ccccc2)C(N)c2ccc3c(c2)COC3=O)cc1. The average molecular weight is 472 g/mol. The van der Waals surface area contributed by atoms with Gasteiger partial charge in [-0.2, -0.15) is 0 Å². The topological polar surface area (TPSA) is 72.6 Å². The Morgan fingerprint density at radius 1 is 0.914 bits per heavy atom. The van der Waals surface area contributed by atoms with Crippen LogP contribution in [0.4, 0.5) is 0 Å². The van der Waals surface area contributed by atoms with Crippen molar-refractivity contribution in [3.05, 3.63) is 106 Å². The number of benzene rings is 3. The van der Waals surface area contributed by atoms with Crippen molar-refractivity contribution in [3.63, 3.8) is 0 Å². The van der Waals surface area contributed by atoms with E-state index in [1.165, 1.54) is 5.56 Å². The molecular weight excluding hydrogens is 434 g/mol. The monoisotopic (exact) mass is 471 g/mol. The molecule has 0 amide bonds. The quantitative estimate of drug-likeness (QED) is 0.415. The van der Waals surface area contributed by atoms with Crippen molar-refractivity contribution in [1.82, 2.24) is 0 Å². The minimum Gasteiger partial charge on any atom is -0.457 e. The number of cyclic esters (lactones) is 1. The highest BCUT2D eigenvalue weighted by atomic mass is 16.5. The first-order valence-electron chi connectivity index (χ1n) is 12.3. The molecule has 0 fully saturated rings. The highest BCUT2D eigenvalue weighted by Gasteiger charge is 2.41. The maximum atomic E-state index is 12.3. The highest BCUT2D eigenvalue weighted by molar-refractivity contribution is 5.93. The summed E-state index contributed by atoms with van der Waals surface area (Å²) in [6.07, 6.45) is 0.889. The minimum absolute atomic E-state index is 0.0600. The van der Waals surface area contributed by atoms with E-state index < -0.39 is 11.6 Å². The summed E-state index contributed by atoms with van der Waals surface area (Å²) in [7, 11) is 0. The van der Waals surface area contributed by atoms with Crippen molar-refractivity contribution in [2.75, 3.05) is 0 Å². The molecule has 0 saturated carbocycles. The number of carbonyl (C=O) groups is 1. The van der Waals surface area contributed by atoms with Gasteiger partial charge in [0.15, 0.2) is 0 Å². The summed E-state index contributed by atoms with van der Waals surface area (Å²) in [5.41, 5.74) is 11.0. The van der Waals surface area contributed by atoms with Gasteiger partial charge in [-0.3, -0.25) is 0 Å². The van der Waals surface area contributed by atoms with Crippen molar-refractivity contribution in [3.8, 4) is 0 Å². The number of ether oxygens (including phenoxy) is 1. The average Bonchev–Trinajstić information content (AvgIpc) is 3.18. The van der Waals surface area contributed by atoms with Crippen molar-refractivity contribution in [2.45, 2.75) is 76.5 Å². The molecule has 2 unspecified atom stereocenters. The fourth-order valence-electron chi connectivity index (χ4n) is 5.17. The summed E-state index contributed by atoms with van der Waals surface area (Å²) in [4.78, 5) is 11.9. The predicted octanol–water partition coefficient (Wildman–Crippen LogP) is 6.00. The van der Waals surface area contributed by atoms with Crippen LogP contribution in [0.3, 0.4) is 0 Å². The molecule has 3 N–H and O–H groups in total. The van der Waals surface area contributed by atoms with E-state index in [9.17, 15) is 9.90 Å². The van der Waals surface area contributed by atoms with E-state index in [4.69, 9.17) is 10.5 Å². The van der Waals surface area contributed by atoms with Gasteiger partial charge in [-0.25, -0.2) is 4.79 Å². The lowest BCUT2D eigenvalue weighted by Crippen LogP contribution is -2.47. The fraction of sp³-hybridized carbons (Fsp3) is 0.387. The lowest BCUT2D eigenvalue weighted by atomic mass is 9.69. The van der Waals surface area contributed by atoms with Crippen LogP contribution in [0.15, 0.2) is 72.8 Å². The van der Waals surface area contributed by atoms with E-state index in [1.807, 2.05) is 30.3 Å². The van der Waals surface area contributed by atoms with Crippen molar-refractivity contribution >= 4 is 5.97 Å². The van der Waals surface area contributed by atoms with Gasteiger partial charge in [0.1, 0.15) is 6.61 Å². The molecule has 2 atom stereocenters. The van der Waals surface area contributed by atoms with Gasteiger partial charge < -0.3 is 15.6 Å². The third-order valence-electron chi connectivity index (χ3n) is 7.28. The Balaban J connectivity index is 1.70. The third-order valence-corrected chi connectivity index (χ3v) is 7.28. The number of esters is 1. The van der Waals surface area contributed by atoms with Gasteiger partial charge in [-0.1, -0.05) is 95.3 Å². The lowest BCUT2D eigenvalue weighted by molar-refractivity contribution is -0.0117. The van der Waals surface area contributed by atoms with Crippen molar-refractivity contribution in [1.29, 1.82) is 0 Å². The lowest BCUT2D eigenvalue weighted by Gasteiger charge is -2.41. The molecular formula is C31H37NO3. The molecule has 0 aliphatic carbocycles. The van der Waals surface area contributed by atoms with E-state index in [1.54, 1.807) is 6.07 Å². The molecule has 184 valence electrons. The van der Waals surface area contributed by atoms with Gasteiger partial charge in [0.05, 0.1) is 17.2 Å². The van der Waals surface area contributed by atoms with Crippen LogP contribution in [0.25, 0.3) is 0 Å². The number of fused-ring (bicyclic) bond motifs is 1.